The van der Waals surface area contributed by atoms with Crippen molar-refractivity contribution in [2.24, 2.45) is 0 Å². The van der Waals surface area contributed by atoms with Crippen LogP contribution < -0.4 is 5.32 Å². The van der Waals surface area contributed by atoms with Crippen LogP contribution in [0.25, 0.3) is 0 Å². The summed E-state index contributed by atoms with van der Waals surface area (Å²) in [5, 5.41) is 2.69. The molecule has 3 nitrogen and oxygen atoms in total. The van der Waals surface area contributed by atoms with E-state index in [0.29, 0.717) is 12.2 Å². The molecule has 0 bridgehead atoms. The Hall–Kier alpha value is -2.27. The number of methoxy groups -OCH3 is 1. The normalized spacial score (nSPS) is 12.0. The Morgan fingerprint density at radius 1 is 1.18 bits per heavy atom. The van der Waals surface area contributed by atoms with Gasteiger partial charge in [0, 0.05) is 24.3 Å². The Labute approximate surface area is 127 Å². The first kappa shape index (κ1) is 16.1. The van der Waals surface area contributed by atoms with Crippen molar-refractivity contribution in [3.8, 4) is 0 Å². The second-order valence-electron chi connectivity index (χ2n) is 4.99. The number of carbonyl (C=O) groups excluding carboxylic acids is 1. The fraction of sp³-hybridized carbons (Fsp3) is 0.235. The van der Waals surface area contributed by atoms with Crippen molar-refractivity contribution in [1.29, 1.82) is 0 Å². The predicted octanol–water partition coefficient (Wildman–Crippen LogP) is 3.60. The van der Waals surface area contributed by atoms with Gasteiger partial charge in [-0.25, -0.2) is 8.78 Å². The summed E-state index contributed by atoms with van der Waals surface area (Å²) in [6, 6.07) is 9.68. The largest absolute Gasteiger partial charge is 0.380 e. The van der Waals surface area contributed by atoms with Crippen LogP contribution in [0.3, 0.4) is 0 Å². The van der Waals surface area contributed by atoms with E-state index in [4.69, 9.17) is 4.74 Å². The summed E-state index contributed by atoms with van der Waals surface area (Å²) in [6.45, 7) is 2.12. The van der Waals surface area contributed by atoms with Crippen LogP contribution in [0, 0.1) is 11.6 Å². The van der Waals surface area contributed by atoms with Gasteiger partial charge in [-0.1, -0.05) is 18.2 Å². The molecular weight excluding hydrogens is 288 g/mol. The number of ether oxygens (including phenoxy) is 1. The van der Waals surface area contributed by atoms with E-state index in [-0.39, 0.29) is 11.5 Å². The zero-order valence-corrected chi connectivity index (χ0v) is 12.4. The first-order valence-corrected chi connectivity index (χ1v) is 6.85. The highest BCUT2D eigenvalue weighted by molar-refractivity contribution is 5.94. The second kappa shape index (κ2) is 7.13. The van der Waals surface area contributed by atoms with Gasteiger partial charge in [0.25, 0.3) is 5.91 Å². The number of nitrogens with one attached hydrogen (secondary N) is 1. The molecule has 2 rings (SSSR count). The lowest BCUT2D eigenvalue weighted by Gasteiger charge is -2.15. The molecular formula is C17H17F2NO2. The molecule has 1 atom stereocenters. The van der Waals surface area contributed by atoms with Crippen LogP contribution in [-0.4, -0.2) is 13.0 Å². The number of rotatable bonds is 5. The lowest BCUT2D eigenvalue weighted by Crippen LogP contribution is -2.27. The van der Waals surface area contributed by atoms with Gasteiger partial charge in [0.15, 0.2) is 0 Å². The lowest BCUT2D eigenvalue weighted by atomic mass is 10.1. The van der Waals surface area contributed by atoms with E-state index < -0.39 is 17.7 Å². The van der Waals surface area contributed by atoms with Crippen molar-refractivity contribution in [3.63, 3.8) is 0 Å². The minimum absolute atomic E-state index is 0.241. The van der Waals surface area contributed by atoms with Gasteiger partial charge in [-0.05, 0) is 30.7 Å². The van der Waals surface area contributed by atoms with Crippen molar-refractivity contribution in [1.82, 2.24) is 5.32 Å². The third-order valence-corrected chi connectivity index (χ3v) is 3.30. The molecule has 0 spiro atoms. The number of hydrogen-bond acceptors (Lipinski definition) is 2. The number of hydrogen-bond donors (Lipinski definition) is 1. The maximum atomic E-state index is 13.7. The summed E-state index contributed by atoms with van der Waals surface area (Å²) in [6.07, 6.45) is 0. The highest BCUT2D eigenvalue weighted by atomic mass is 19.1. The van der Waals surface area contributed by atoms with Crippen molar-refractivity contribution >= 4 is 5.91 Å². The molecule has 0 heterocycles. The van der Waals surface area contributed by atoms with E-state index in [1.54, 1.807) is 38.3 Å². The molecule has 0 saturated heterocycles. The van der Waals surface area contributed by atoms with E-state index in [2.05, 4.69) is 5.32 Å². The van der Waals surface area contributed by atoms with Crippen LogP contribution in [-0.2, 0) is 11.3 Å². The first-order valence-electron chi connectivity index (χ1n) is 6.85. The summed E-state index contributed by atoms with van der Waals surface area (Å²) in [5.74, 6) is -1.64. The highest BCUT2D eigenvalue weighted by Gasteiger charge is 2.15. The van der Waals surface area contributed by atoms with Crippen molar-refractivity contribution in [2.75, 3.05) is 7.11 Å². The van der Waals surface area contributed by atoms with Gasteiger partial charge < -0.3 is 10.1 Å². The predicted molar refractivity (Wildman–Crippen MR) is 79.4 cm³/mol. The fourth-order valence-corrected chi connectivity index (χ4v) is 2.13. The van der Waals surface area contributed by atoms with Crippen molar-refractivity contribution in [2.45, 2.75) is 19.6 Å². The smallest absolute Gasteiger partial charge is 0.251 e. The molecule has 0 fully saturated rings. The molecule has 0 unspecified atom stereocenters. The Bertz CT molecular complexity index is 656. The summed E-state index contributed by atoms with van der Waals surface area (Å²) < 4.78 is 31.6. The Balaban J connectivity index is 2.07. The van der Waals surface area contributed by atoms with Gasteiger partial charge >= 0.3 is 0 Å². The highest BCUT2D eigenvalue weighted by Crippen LogP contribution is 2.18. The Kier molecular flexibility index (Phi) is 5.22. The van der Waals surface area contributed by atoms with Gasteiger partial charge in [-0.3, -0.25) is 4.79 Å². The van der Waals surface area contributed by atoms with Gasteiger partial charge in [0.1, 0.15) is 11.6 Å². The SMILES string of the molecule is COCc1ccc(C(=O)N[C@H](C)c2ccc(F)cc2F)cc1. The van der Waals surface area contributed by atoms with E-state index in [9.17, 15) is 13.6 Å². The lowest BCUT2D eigenvalue weighted by molar-refractivity contribution is 0.0939. The van der Waals surface area contributed by atoms with Gasteiger partial charge in [-0.15, -0.1) is 0 Å². The molecule has 0 aromatic heterocycles. The third-order valence-electron chi connectivity index (χ3n) is 3.30. The van der Waals surface area contributed by atoms with Gasteiger partial charge in [-0.2, -0.15) is 0 Å². The zero-order chi connectivity index (χ0) is 16.1. The molecule has 1 amide bonds. The van der Waals surface area contributed by atoms with Crippen LogP contribution in [0.2, 0.25) is 0 Å². The maximum Gasteiger partial charge on any atom is 0.251 e. The molecule has 0 aliphatic carbocycles. The fourth-order valence-electron chi connectivity index (χ4n) is 2.13. The molecule has 22 heavy (non-hydrogen) atoms. The van der Waals surface area contributed by atoms with Gasteiger partial charge in [0.2, 0.25) is 0 Å². The van der Waals surface area contributed by atoms with Crippen molar-refractivity contribution < 1.29 is 18.3 Å². The molecule has 0 radical (unpaired) electrons. The quantitative estimate of drug-likeness (QED) is 0.916. The van der Waals surface area contributed by atoms with E-state index >= 15 is 0 Å². The van der Waals surface area contributed by atoms with E-state index in [1.165, 1.54) is 12.1 Å². The summed E-state index contributed by atoms with van der Waals surface area (Å²) >= 11 is 0. The van der Waals surface area contributed by atoms with Crippen LogP contribution in [0.4, 0.5) is 8.78 Å². The monoisotopic (exact) mass is 305 g/mol. The topological polar surface area (TPSA) is 38.3 Å². The number of halogens is 2. The minimum Gasteiger partial charge on any atom is -0.380 e. The first-order chi connectivity index (χ1) is 10.5. The molecule has 116 valence electrons. The van der Waals surface area contributed by atoms with Crippen LogP contribution in [0.5, 0.6) is 0 Å². The van der Waals surface area contributed by atoms with Crippen LogP contribution >= 0.6 is 0 Å². The van der Waals surface area contributed by atoms with E-state index in [0.717, 1.165) is 11.6 Å². The molecule has 0 aliphatic heterocycles. The van der Waals surface area contributed by atoms with E-state index in [1.807, 2.05) is 0 Å². The number of amides is 1. The molecule has 0 aliphatic rings. The molecule has 5 heteroatoms. The van der Waals surface area contributed by atoms with Crippen molar-refractivity contribution in [3.05, 3.63) is 70.8 Å². The average Bonchev–Trinajstić information content (AvgIpc) is 2.48. The number of benzene rings is 2. The molecule has 2 aromatic rings. The third kappa shape index (κ3) is 3.89. The number of carbonyl (C=O) groups is 1. The Morgan fingerprint density at radius 2 is 1.86 bits per heavy atom. The van der Waals surface area contributed by atoms with Gasteiger partial charge in [0.05, 0.1) is 12.6 Å². The second-order valence-corrected chi connectivity index (χ2v) is 4.99. The summed E-state index contributed by atoms with van der Waals surface area (Å²) in [5.41, 5.74) is 1.66. The van der Waals surface area contributed by atoms with Crippen LogP contribution in [0.1, 0.15) is 34.5 Å². The summed E-state index contributed by atoms with van der Waals surface area (Å²) in [7, 11) is 1.60. The minimum atomic E-state index is -0.678. The van der Waals surface area contributed by atoms with Crippen LogP contribution in [0.15, 0.2) is 42.5 Å². The standard InChI is InChI=1S/C17H17F2NO2/c1-11(15-8-7-14(18)9-16(15)19)20-17(21)13-5-3-12(4-6-13)10-22-2/h3-9,11H,10H2,1-2H3,(H,20,21)/t11-/m1/s1. The molecule has 2 aromatic carbocycles. The summed E-state index contributed by atoms with van der Waals surface area (Å²) in [4.78, 5) is 12.1. The molecule has 0 saturated carbocycles. The Morgan fingerprint density at radius 3 is 2.45 bits per heavy atom. The average molecular weight is 305 g/mol. The maximum absolute atomic E-state index is 13.7. The molecule has 1 N–H and O–H groups in total. The zero-order valence-electron chi connectivity index (χ0n) is 12.4.